The fourth-order valence-electron chi connectivity index (χ4n) is 3.13. The minimum atomic E-state index is -0.921. The molecule has 1 amide bonds. The molecule has 0 atom stereocenters. The molecule has 2 aromatic carbocycles. The molecule has 4 rings (SSSR count). The van der Waals surface area contributed by atoms with E-state index in [0.717, 1.165) is 27.0 Å². The molecule has 0 saturated heterocycles. The second-order valence-corrected chi connectivity index (χ2v) is 6.83. The van der Waals surface area contributed by atoms with E-state index in [9.17, 15) is 18.4 Å². The highest BCUT2D eigenvalue weighted by molar-refractivity contribution is 14.1. The normalized spacial score (nSPS) is 10.6. The number of hydrogen-bond donors (Lipinski definition) is 3. The van der Waals surface area contributed by atoms with Gasteiger partial charge in [0.05, 0.1) is 20.0 Å². The van der Waals surface area contributed by atoms with Gasteiger partial charge in [-0.05, 0) is 52.4 Å². The lowest BCUT2D eigenvalue weighted by molar-refractivity contribution is -0.167. The van der Waals surface area contributed by atoms with Crippen molar-refractivity contribution in [3.63, 3.8) is 0 Å². The Labute approximate surface area is 204 Å². The van der Waals surface area contributed by atoms with Gasteiger partial charge in [-0.2, -0.15) is 0 Å². The fraction of sp³-hybridized carbons (Fsp3) is 0.217. The zero-order valence-electron chi connectivity index (χ0n) is 19.0. The smallest absolute Gasteiger partial charge is 0.307 e. The van der Waals surface area contributed by atoms with Gasteiger partial charge in [-0.25, -0.2) is 13.8 Å². The Kier molecular flexibility index (Phi) is 9.19. The van der Waals surface area contributed by atoms with Crippen molar-refractivity contribution < 1.29 is 29.7 Å². The van der Waals surface area contributed by atoms with Crippen molar-refractivity contribution in [3.8, 4) is 0 Å². The summed E-state index contributed by atoms with van der Waals surface area (Å²) in [7, 11) is 2.96. The molecule has 4 aromatic rings. The second-order valence-electron chi connectivity index (χ2n) is 6.83. The van der Waals surface area contributed by atoms with Crippen molar-refractivity contribution >= 4 is 56.3 Å². The molecule has 176 valence electrons. The number of halogens is 3. The molecule has 2 heterocycles. The van der Waals surface area contributed by atoms with Crippen molar-refractivity contribution in [2.24, 2.45) is 0 Å². The van der Waals surface area contributed by atoms with E-state index in [-0.39, 0.29) is 30.4 Å². The van der Waals surface area contributed by atoms with Crippen LogP contribution in [0.2, 0.25) is 0 Å². The lowest BCUT2D eigenvalue weighted by atomic mass is 10.1. The predicted octanol–water partition coefficient (Wildman–Crippen LogP) is 4.85. The average Bonchev–Trinajstić information content (AvgIpc) is 3.37. The first-order valence-electron chi connectivity index (χ1n) is 10.3. The first kappa shape index (κ1) is 24.6. The molecule has 0 saturated carbocycles. The summed E-state index contributed by atoms with van der Waals surface area (Å²) in [5, 5.41) is 11.1. The van der Waals surface area contributed by atoms with Crippen LogP contribution in [-0.2, 0) is 27.3 Å². The molecule has 0 unspecified atom stereocenters. The summed E-state index contributed by atoms with van der Waals surface area (Å²) in [5.74, 6) is -1.78. The van der Waals surface area contributed by atoms with Gasteiger partial charge in [0.25, 0.3) is 0 Å². The Bertz CT molecular complexity index is 1260. The Morgan fingerprint density at radius 1 is 1.03 bits per heavy atom. The Morgan fingerprint density at radius 2 is 1.48 bits per heavy atom. The van der Waals surface area contributed by atoms with Crippen LogP contribution < -0.4 is 0 Å². The first-order chi connectivity index (χ1) is 16.2. The third-order valence-corrected chi connectivity index (χ3v) is 4.77. The van der Waals surface area contributed by atoms with Gasteiger partial charge >= 0.3 is 5.97 Å². The number of aromatic nitrogens is 2. The average molecular weight is 572 g/mol. The largest absolute Gasteiger partial charge is 0.481 e. The lowest BCUT2D eigenvalue weighted by Gasteiger charge is -2.12. The maximum absolute atomic E-state index is 13.1. The Balaban J connectivity index is 0.000000219. The number of aliphatic carboxylic acids is 1. The van der Waals surface area contributed by atoms with Gasteiger partial charge in [-0.1, -0.05) is 22.6 Å². The molecule has 0 aliphatic carbocycles. The van der Waals surface area contributed by atoms with Crippen molar-refractivity contribution in [3.05, 3.63) is 71.6 Å². The number of carboxylic acids is 1. The van der Waals surface area contributed by atoms with Crippen LogP contribution in [0.15, 0.2) is 48.8 Å². The number of nitrogens with zero attached hydrogens (tertiary/aromatic N) is 1. The van der Waals surface area contributed by atoms with Gasteiger partial charge in [0.2, 0.25) is 5.91 Å². The quantitative estimate of drug-likeness (QED) is 0.181. The van der Waals surface area contributed by atoms with Crippen LogP contribution in [0.25, 0.3) is 21.8 Å². The highest BCUT2D eigenvalue weighted by Gasteiger charge is 2.13. The number of aromatic amines is 2. The van der Waals surface area contributed by atoms with Crippen molar-refractivity contribution in [2.45, 2.75) is 12.8 Å². The van der Waals surface area contributed by atoms with E-state index in [4.69, 9.17) is 11.3 Å². The van der Waals surface area contributed by atoms with Gasteiger partial charge in [0.1, 0.15) is 11.6 Å². The number of amides is 1. The molecule has 0 spiro atoms. The van der Waals surface area contributed by atoms with E-state index in [1.165, 1.54) is 38.4 Å². The van der Waals surface area contributed by atoms with Crippen LogP contribution in [0.4, 0.5) is 8.78 Å². The number of carbonyl (C=O) groups excluding carboxylic acids is 1. The maximum Gasteiger partial charge on any atom is 0.307 e. The van der Waals surface area contributed by atoms with E-state index in [2.05, 4.69) is 9.97 Å². The fourth-order valence-corrected chi connectivity index (χ4v) is 3.13. The summed E-state index contributed by atoms with van der Waals surface area (Å²) < 4.78 is 32.2. The Morgan fingerprint density at radius 3 is 1.91 bits per heavy atom. The zero-order chi connectivity index (χ0) is 25.3. The summed E-state index contributed by atoms with van der Waals surface area (Å²) in [6, 6.07) is 8.72. The number of hydrogen-bond acceptors (Lipinski definition) is 3. The van der Waals surface area contributed by atoms with E-state index in [1.807, 2.05) is 22.6 Å². The summed E-state index contributed by atoms with van der Waals surface area (Å²) in [5.41, 5.74) is 2.93. The minimum absolute atomic E-state index is 0.0938. The van der Waals surface area contributed by atoms with E-state index in [0.29, 0.717) is 15.9 Å². The molecular formula is C23H24F2IN3O4. The molecule has 33 heavy (non-hydrogen) atoms. The van der Waals surface area contributed by atoms with Gasteiger partial charge in [0.15, 0.2) is 0 Å². The van der Waals surface area contributed by atoms with Crippen LogP contribution in [0.3, 0.4) is 0 Å². The molecule has 0 radical (unpaired) electrons. The van der Waals surface area contributed by atoms with Crippen molar-refractivity contribution in [1.82, 2.24) is 15.0 Å². The second kappa shape index (κ2) is 12.3. The van der Waals surface area contributed by atoms with Crippen LogP contribution in [0.1, 0.15) is 12.5 Å². The molecule has 3 N–H and O–H groups in total. The summed E-state index contributed by atoms with van der Waals surface area (Å²) in [4.78, 5) is 33.3. The zero-order valence-corrected chi connectivity index (χ0v) is 20.2. The van der Waals surface area contributed by atoms with Gasteiger partial charge in [-0.3, -0.25) is 14.4 Å². The van der Waals surface area contributed by atoms with E-state index < -0.39 is 5.97 Å². The predicted molar refractivity (Wildman–Crippen MR) is 131 cm³/mol. The maximum atomic E-state index is 13.1. The molecule has 0 bridgehead atoms. The highest BCUT2D eigenvalue weighted by atomic mass is 127. The van der Waals surface area contributed by atoms with Crippen LogP contribution in [0.5, 0.6) is 0 Å². The van der Waals surface area contributed by atoms with Crippen LogP contribution in [-0.4, -0.2) is 51.1 Å². The third-order valence-electron chi connectivity index (χ3n) is 4.77. The minimum Gasteiger partial charge on any atom is -0.481 e. The number of carboxylic acid groups (broad SMARTS) is 1. The van der Waals surface area contributed by atoms with E-state index >= 15 is 0 Å². The SMILES string of the molecule is CON(C)C(=O)Cc1c[nH]c2ccc(F)cc12.O=C(O)Cc1c[nH]c2ccc(F)cc12.[2H]CI. The number of H-pyrrole nitrogens is 2. The molecule has 0 aliphatic heterocycles. The Hall–Kier alpha value is -2.99. The van der Waals surface area contributed by atoms with Crippen LogP contribution in [0, 0.1) is 11.6 Å². The molecular weight excluding hydrogens is 547 g/mol. The summed E-state index contributed by atoms with van der Waals surface area (Å²) >= 11 is 1.96. The topological polar surface area (TPSA) is 98.4 Å². The molecule has 0 aliphatic rings. The van der Waals surface area contributed by atoms with E-state index in [1.54, 1.807) is 24.5 Å². The molecule has 2 aromatic heterocycles. The third kappa shape index (κ3) is 6.99. The highest BCUT2D eigenvalue weighted by Crippen LogP contribution is 2.21. The standard InChI is InChI=1S/C12H13FN2O2.C10H8FNO2.CH3I/c1-15(17-2)12(16)5-8-7-14-11-4-3-9(13)6-10(8)11;11-7-1-2-9-8(4-7)6(5-12-9)3-10(13)14;1-2/h3-4,6-7,14H,5H2,1-2H3;1-2,4-5,12H,3H2,(H,13,14);1H3/i;;1D. The number of hydroxylamine groups is 2. The van der Waals surface area contributed by atoms with Gasteiger partial charge in [-0.15, -0.1) is 0 Å². The van der Waals surface area contributed by atoms with Crippen molar-refractivity contribution in [1.29, 1.82) is 0 Å². The number of rotatable bonds is 5. The molecule has 0 fully saturated rings. The number of fused-ring (bicyclic) bond motifs is 2. The summed E-state index contributed by atoms with van der Waals surface area (Å²) in [6.45, 7) is 0. The number of carbonyl (C=O) groups is 2. The number of likely N-dealkylation sites (N-methyl/N-ethyl adjacent to an activating group) is 1. The monoisotopic (exact) mass is 572 g/mol. The number of alkyl halides is 1. The number of nitrogens with one attached hydrogen (secondary N) is 2. The molecule has 10 heteroatoms. The number of benzene rings is 2. The first-order valence-corrected chi connectivity index (χ1v) is 11.1. The summed E-state index contributed by atoms with van der Waals surface area (Å²) in [6.07, 6.45) is 3.39. The van der Waals surface area contributed by atoms with Gasteiger partial charge in [0, 0.05) is 42.6 Å². The molecule has 7 nitrogen and oxygen atoms in total. The van der Waals surface area contributed by atoms with Crippen molar-refractivity contribution in [2.75, 3.05) is 19.1 Å². The lowest BCUT2D eigenvalue weighted by Crippen LogP contribution is -2.26. The van der Waals surface area contributed by atoms with Crippen LogP contribution >= 0.6 is 22.6 Å². The van der Waals surface area contributed by atoms with Gasteiger partial charge < -0.3 is 15.1 Å².